The first-order valence-corrected chi connectivity index (χ1v) is 14.7. The van der Waals surface area contributed by atoms with Crippen molar-refractivity contribution in [1.82, 2.24) is 0 Å². The molecule has 3 aromatic rings. The summed E-state index contributed by atoms with van der Waals surface area (Å²) < 4.78 is 34.1. The van der Waals surface area contributed by atoms with Crippen LogP contribution >= 0.6 is 0 Å². The van der Waals surface area contributed by atoms with Gasteiger partial charge in [0.1, 0.15) is 12.3 Å². The number of carbonyl (C=O) groups is 1. The fourth-order valence-electron chi connectivity index (χ4n) is 4.74. The Labute approximate surface area is 266 Å². The first-order valence-electron chi connectivity index (χ1n) is 14.7. The van der Waals surface area contributed by atoms with Gasteiger partial charge < -0.3 is 39.3 Å². The Balaban J connectivity index is 0.00000345. The number of benzene rings is 3. The van der Waals surface area contributed by atoms with Crippen molar-refractivity contribution in [3.8, 4) is 17.2 Å². The molecule has 0 heterocycles. The maximum atomic E-state index is 12.9. The molecule has 3 aromatic carbocycles. The van der Waals surface area contributed by atoms with Crippen molar-refractivity contribution in [3.05, 3.63) is 101 Å². The van der Waals surface area contributed by atoms with Crippen LogP contribution in [0, 0.1) is 0 Å². The van der Waals surface area contributed by atoms with Crippen molar-refractivity contribution in [2.24, 2.45) is 10.7 Å². The molecule has 0 aliphatic heterocycles. The number of nitrogens with two attached hydrogens (primary N) is 1. The third-order valence-electron chi connectivity index (χ3n) is 6.84. The molecule has 0 spiro atoms. The molecule has 2 atom stereocenters. The molecule has 0 aliphatic carbocycles. The molecule has 0 bridgehead atoms. The molecule has 1 unspecified atom stereocenters. The van der Waals surface area contributed by atoms with Crippen LogP contribution in [0.4, 0.5) is 0 Å². The third kappa shape index (κ3) is 10.3. The topological polar surface area (TPSA) is 131 Å². The molecule has 45 heavy (non-hydrogen) atoms. The summed E-state index contributed by atoms with van der Waals surface area (Å²) in [4.78, 5) is 17.3. The Hall–Kier alpha value is -4.54. The van der Waals surface area contributed by atoms with Gasteiger partial charge in [0.15, 0.2) is 23.5 Å². The molecule has 10 nitrogen and oxygen atoms in total. The number of allylic oxidation sites excluding steroid dienone is 1. The van der Waals surface area contributed by atoms with E-state index in [1.165, 1.54) is 13.2 Å². The summed E-state index contributed by atoms with van der Waals surface area (Å²) in [6.45, 7) is 5.63. The minimum atomic E-state index is -1.42. The highest BCUT2D eigenvalue weighted by atomic mass is 16.6. The Kier molecular flexibility index (Phi) is 15.5. The van der Waals surface area contributed by atoms with E-state index in [0.29, 0.717) is 34.9 Å². The first-order chi connectivity index (χ1) is 21.8. The second-order valence-corrected chi connectivity index (χ2v) is 9.61. The Bertz CT molecular complexity index is 1350. The van der Waals surface area contributed by atoms with Crippen molar-refractivity contribution >= 4 is 11.7 Å². The minimum Gasteiger partial charge on any atom is -0.493 e. The molecule has 0 fully saturated rings. The lowest BCUT2D eigenvalue weighted by Gasteiger charge is -2.39. The average Bonchev–Trinajstić information content (AvgIpc) is 3.07. The summed E-state index contributed by atoms with van der Waals surface area (Å²) >= 11 is 0. The van der Waals surface area contributed by atoms with Gasteiger partial charge >= 0.3 is 5.97 Å². The van der Waals surface area contributed by atoms with E-state index in [0.717, 1.165) is 11.1 Å². The van der Waals surface area contributed by atoms with Gasteiger partial charge in [0.2, 0.25) is 5.75 Å². The predicted octanol–water partition coefficient (Wildman–Crippen LogP) is 5.77. The van der Waals surface area contributed by atoms with Crippen LogP contribution in [-0.4, -0.2) is 64.7 Å². The number of methoxy groups -OCH3 is 4. The molecule has 0 amide bonds. The van der Waals surface area contributed by atoms with E-state index >= 15 is 0 Å². The average molecular weight is 623 g/mol. The lowest BCUT2D eigenvalue weighted by atomic mass is 9.81. The Morgan fingerprint density at radius 3 is 2.00 bits per heavy atom. The smallest absolute Gasteiger partial charge is 0.336 e. The minimum absolute atomic E-state index is 0.156. The van der Waals surface area contributed by atoms with E-state index in [9.17, 15) is 9.90 Å². The van der Waals surface area contributed by atoms with Gasteiger partial charge in [-0.2, -0.15) is 0 Å². The number of rotatable bonds is 17. The zero-order chi connectivity index (χ0) is 33.2. The summed E-state index contributed by atoms with van der Waals surface area (Å²) in [5, 5.41) is 10.6. The fraction of sp³-hybridized carbons (Fsp3) is 0.371. The van der Waals surface area contributed by atoms with Crippen LogP contribution in [0.5, 0.6) is 17.2 Å². The standard InChI is InChI=1S/C33H40N2O8.C2H6/c1-23(18-29(34)40-4)35-22-42-31(32(36)37)33(26-14-10-7-11-15-26,21-24-12-8-6-9-13-24)43-17-16-25-19-27(38-2)30(41-5)28(20-25)39-3;1-2/h6-15,18-20,31H,16-17,21-22,34H2,1-5H3,(H,36,37);1-2H3/b29-18+,35-23-;/t31-,33?;/m1./s1. The number of carboxylic acid groups (broad SMARTS) is 1. The SMILES string of the molecule is CC.CO/C(N)=C/C(C)=N\CO[C@H](C(=O)O)C(Cc1ccccc1)(OCCc1cc(OC)c(OC)c(OC)c1)c1ccccc1. The normalized spacial score (nSPS) is 13.5. The highest BCUT2D eigenvalue weighted by molar-refractivity contribution is 5.93. The monoisotopic (exact) mass is 622 g/mol. The number of ether oxygens (including phenoxy) is 6. The van der Waals surface area contributed by atoms with Crippen LogP contribution in [0.1, 0.15) is 37.5 Å². The van der Waals surface area contributed by atoms with Gasteiger partial charge in [0, 0.05) is 18.2 Å². The lowest BCUT2D eigenvalue weighted by molar-refractivity contribution is -0.185. The second-order valence-electron chi connectivity index (χ2n) is 9.61. The van der Waals surface area contributed by atoms with E-state index in [1.54, 1.807) is 28.3 Å². The molecule has 3 rings (SSSR count). The molecule has 0 saturated heterocycles. The van der Waals surface area contributed by atoms with Gasteiger partial charge in [0.25, 0.3) is 0 Å². The van der Waals surface area contributed by atoms with E-state index in [2.05, 4.69) is 4.99 Å². The maximum absolute atomic E-state index is 12.9. The number of carboxylic acids is 1. The fourth-order valence-corrected chi connectivity index (χ4v) is 4.74. The number of nitrogens with zero attached hydrogens (tertiary/aromatic N) is 1. The molecule has 3 N–H and O–H groups in total. The first kappa shape index (κ1) is 36.7. The number of aliphatic imine (C=N–C) groups is 1. The maximum Gasteiger partial charge on any atom is 0.336 e. The van der Waals surface area contributed by atoms with E-state index in [1.807, 2.05) is 86.6 Å². The molecule has 0 saturated carbocycles. The highest BCUT2D eigenvalue weighted by Gasteiger charge is 2.47. The molecule has 0 radical (unpaired) electrons. The molecule has 0 aliphatic rings. The van der Waals surface area contributed by atoms with Crippen molar-refractivity contribution in [3.63, 3.8) is 0 Å². The van der Waals surface area contributed by atoms with Gasteiger partial charge in [-0.05, 0) is 42.2 Å². The summed E-state index contributed by atoms with van der Waals surface area (Å²) in [5.74, 6) is 0.494. The van der Waals surface area contributed by atoms with Gasteiger partial charge in [-0.3, -0.25) is 4.99 Å². The van der Waals surface area contributed by atoms with Crippen LogP contribution < -0.4 is 19.9 Å². The summed E-state index contributed by atoms with van der Waals surface area (Å²) in [6, 6.07) is 22.5. The lowest BCUT2D eigenvalue weighted by Crippen LogP contribution is -2.50. The van der Waals surface area contributed by atoms with Crippen LogP contribution in [0.15, 0.2) is 89.7 Å². The number of aliphatic carboxylic acids is 1. The third-order valence-corrected chi connectivity index (χ3v) is 6.84. The summed E-state index contributed by atoms with van der Waals surface area (Å²) in [7, 11) is 6.09. The zero-order valence-corrected chi connectivity index (χ0v) is 27.2. The Morgan fingerprint density at radius 1 is 0.911 bits per heavy atom. The number of hydrogen-bond donors (Lipinski definition) is 2. The second kappa shape index (κ2) is 19.0. The quantitative estimate of drug-likeness (QED) is 0.142. The molecule has 0 aromatic heterocycles. The predicted molar refractivity (Wildman–Crippen MR) is 175 cm³/mol. The molecule has 244 valence electrons. The van der Waals surface area contributed by atoms with Crippen molar-refractivity contribution in [2.75, 3.05) is 41.8 Å². The molecular weight excluding hydrogens is 576 g/mol. The van der Waals surface area contributed by atoms with Crippen molar-refractivity contribution in [2.45, 2.75) is 45.3 Å². The van der Waals surface area contributed by atoms with E-state index < -0.39 is 17.7 Å². The van der Waals surface area contributed by atoms with Gasteiger partial charge in [-0.15, -0.1) is 0 Å². The van der Waals surface area contributed by atoms with Crippen LogP contribution in [0.25, 0.3) is 0 Å². The van der Waals surface area contributed by atoms with Crippen molar-refractivity contribution < 1.29 is 38.3 Å². The van der Waals surface area contributed by atoms with Crippen molar-refractivity contribution in [1.29, 1.82) is 0 Å². The van der Waals surface area contributed by atoms with Crippen LogP contribution in [-0.2, 0) is 37.4 Å². The van der Waals surface area contributed by atoms with Crippen LogP contribution in [0.2, 0.25) is 0 Å². The van der Waals surface area contributed by atoms with Gasteiger partial charge in [-0.25, -0.2) is 4.79 Å². The van der Waals surface area contributed by atoms with Gasteiger partial charge in [0.05, 0.1) is 35.0 Å². The van der Waals surface area contributed by atoms with Crippen LogP contribution in [0.3, 0.4) is 0 Å². The Morgan fingerprint density at radius 2 is 1.49 bits per heavy atom. The van der Waals surface area contributed by atoms with E-state index in [4.69, 9.17) is 34.2 Å². The number of hydrogen-bond acceptors (Lipinski definition) is 9. The van der Waals surface area contributed by atoms with E-state index in [-0.39, 0.29) is 25.6 Å². The highest BCUT2D eigenvalue weighted by Crippen LogP contribution is 2.39. The summed E-state index contributed by atoms with van der Waals surface area (Å²) in [5.41, 5.74) is 7.20. The molecular formula is C35H46N2O8. The zero-order valence-electron chi connectivity index (χ0n) is 27.2. The largest absolute Gasteiger partial charge is 0.493 e. The summed E-state index contributed by atoms with van der Waals surface area (Å²) in [6.07, 6.45) is 0.755. The van der Waals surface area contributed by atoms with Gasteiger partial charge in [-0.1, -0.05) is 74.5 Å². The molecule has 10 heteroatoms.